The van der Waals surface area contributed by atoms with Crippen molar-refractivity contribution in [3.8, 4) is 0 Å². The second-order valence-electron chi connectivity index (χ2n) is 4.07. The zero-order valence-electron chi connectivity index (χ0n) is 11.1. The monoisotopic (exact) mass is 271 g/mol. The average molecular weight is 271 g/mol. The normalized spacial score (nSPS) is 14.0. The molecule has 1 heterocycles. The molecule has 18 heavy (non-hydrogen) atoms. The van der Waals surface area contributed by atoms with Gasteiger partial charge < -0.3 is 10.7 Å². The van der Waals surface area contributed by atoms with Crippen molar-refractivity contribution in [1.82, 2.24) is 9.97 Å². The molecule has 102 valence electrons. The molecule has 1 rings (SSSR count). The second kappa shape index (κ2) is 7.27. The van der Waals surface area contributed by atoms with Crippen LogP contribution in [0.15, 0.2) is 6.33 Å². The van der Waals surface area contributed by atoms with Gasteiger partial charge in [-0.15, -0.1) is 0 Å². The van der Waals surface area contributed by atoms with Crippen molar-refractivity contribution >= 4 is 22.4 Å². The quantitative estimate of drug-likeness (QED) is 0.504. The molecular weight excluding hydrogens is 250 g/mol. The molecule has 0 saturated heterocycles. The van der Waals surface area contributed by atoms with E-state index in [0.717, 1.165) is 30.8 Å². The Morgan fingerprint density at radius 3 is 2.67 bits per heavy atom. The number of nitrogens with zero attached hydrogens (tertiary/aromatic N) is 2. The molecule has 1 aromatic rings. The van der Waals surface area contributed by atoms with Crippen LogP contribution in [0.25, 0.3) is 0 Å². The molecule has 4 N–H and O–H groups in total. The first-order chi connectivity index (χ1) is 8.60. The number of rotatable bonds is 7. The number of anilines is 2. The van der Waals surface area contributed by atoms with Gasteiger partial charge in [0.2, 0.25) is 0 Å². The predicted molar refractivity (Wildman–Crippen MR) is 75.9 cm³/mol. The third kappa shape index (κ3) is 3.92. The zero-order valence-corrected chi connectivity index (χ0v) is 11.9. The van der Waals surface area contributed by atoms with E-state index in [0.29, 0.717) is 5.82 Å². The van der Waals surface area contributed by atoms with Crippen LogP contribution in [0.3, 0.4) is 0 Å². The first-order valence-electron chi connectivity index (χ1n) is 5.96. The molecule has 6 nitrogen and oxygen atoms in total. The lowest BCUT2D eigenvalue weighted by Crippen LogP contribution is -2.17. The molecule has 0 aliphatic rings. The van der Waals surface area contributed by atoms with E-state index in [1.54, 1.807) is 6.26 Å². The highest BCUT2D eigenvalue weighted by atomic mass is 32.2. The van der Waals surface area contributed by atoms with Gasteiger partial charge in [0.1, 0.15) is 18.0 Å². The molecule has 0 spiro atoms. The summed E-state index contributed by atoms with van der Waals surface area (Å²) in [7, 11) is -0.786. The number of nitrogens with two attached hydrogens (primary N) is 1. The highest BCUT2D eigenvalue weighted by Gasteiger charge is 2.10. The van der Waals surface area contributed by atoms with Gasteiger partial charge in [-0.1, -0.05) is 13.8 Å². The lowest BCUT2D eigenvalue weighted by molar-refractivity contribution is 0.672. The molecule has 0 radical (unpaired) electrons. The van der Waals surface area contributed by atoms with E-state index >= 15 is 0 Å². The first-order valence-corrected chi connectivity index (χ1v) is 7.58. The van der Waals surface area contributed by atoms with Crippen molar-refractivity contribution in [2.75, 3.05) is 23.5 Å². The summed E-state index contributed by atoms with van der Waals surface area (Å²) < 4.78 is 11.2. The van der Waals surface area contributed by atoms with Crippen LogP contribution in [0.2, 0.25) is 0 Å². The summed E-state index contributed by atoms with van der Waals surface area (Å²) in [5, 5.41) is 3.42. The number of nitrogens with one attached hydrogen (secondary N) is 2. The Labute approximate surface area is 110 Å². The van der Waals surface area contributed by atoms with Gasteiger partial charge in [-0.3, -0.25) is 4.21 Å². The molecule has 7 heteroatoms. The Balaban J connectivity index is 2.64. The first kappa shape index (κ1) is 14.8. The Hall–Kier alpha value is -1.21. The third-order valence-electron chi connectivity index (χ3n) is 2.85. The number of aromatic nitrogens is 2. The highest BCUT2D eigenvalue weighted by Crippen LogP contribution is 2.19. The fourth-order valence-electron chi connectivity index (χ4n) is 1.58. The van der Waals surface area contributed by atoms with E-state index in [2.05, 4.69) is 20.7 Å². The summed E-state index contributed by atoms with van der Waals surface area (Å²) in [6.45, 7) is 4.73. The molecule has 1 aromatic heterocycles. The lowest BCUT2D eigenvalue weighted by Gasteiger charge is -2.14. The average Bonchev–Trinajstić information content (AvgIpc) is 2.37. The van der Waals surface area contributed by atoms with E-state index in [1.165, 1.54) is 6.33 Å². The summed E-state index contributed by atoms with van der Waals surface area (Å²) in [5.41, 5.74) is 3.53. The van der Waals surface area contributed by atoms with Crippen LogP contribution >= 0.6 is 0 Å². The van der Waals surface area contributed by atoms with E-state index in [1.807, 2.05) is 13.8 Å². The van der Waals surface area contributed by atoms with Crippen molar-refractivity contribution in [1.29, 1.82) is 0 Å². The van der Waals surface area contributed by atoms with Crippen LogP contribution in [0.4, 0.5) is 11.6 Å². The molecule has 2 unspecified atom stereocenters. The topological polar surface area (TPSA) is 92.9 Å². The Kier molecular flexibility index (Phi) is 6.00. The van der Waals surface area contributed by atoms with Gasteiger partial charge in [-0.2, -0.15) is 0 Å². The SMILES string of the molecule is CCc1c(NN)ncnc1NCCC(C)S(C)=O. The van der Waals surface area contributed by atoms with Crippen LogP contribution in [0.1, 0.15) is 25.8 Å². The molecule has 0 amide bonds. The molecular formula is C11H21N5OS. The number of hydrazine groups is 1. The van der Waals surface area contributed by atoms with Gasteiger partial charge in [0.15, 0.2) is 0 Å². The standard InChI is InChI=1S/C11H21N5OS/c1-4-9-10(14-7-15-11(9)16-12)13-6-5-8(2)18(3)17/h7-8H,4-6,12H2,1-3H3,(H2,13,14,15,16). The lowest BCUT2D eigenvalue weighted by atomic mass is 10.2. The molecule has 0 saturated carbocycles. The summed E-state index contributed by atoms with van der Waals surface area (Å²) in [6, 6.07) is 0. The minimum absolute atomic E-state index is 0.177. The molecule has 0 bridgehead atoms. The van der Waals surface area contributed by atoms with Crippen molar-refractivity contribution in [2.24, 2.45) is 5.84 Å². The fraction of sp³-hybridized carbons (Fsp3) is 0.636. The van der Waals surface area contributed by atoms with Crippen LogP contribution in [0.5, 0.6) is 0 Å². The van der Waals surface area contributed by atoms with Crippen molar-refractivity contribution < 1.29 is 4.21 Å². The van der Waals surface area contributed by atoms with E-state index in [-0.39, 0.29) is 5.25 Å². The fourth-order valence-corrected chi connectivity index (χ4v) is 2.03. The van der Waals surface area contributed by atoms with Crippen molar-refractivity contribution in [3.63, 3.8) is 0 Å². The van der Waals surface area contributed by atoms with E-state index in [9.17, 15) is 4.21 Å². The van der Waals surface area contributed by atoms with Gasteiger partial charge in [-0.25, -0.2) is 15.8 Å². The molecule has 2 atom stereocenters. The van der Waals surface area contributed by atoms with Crippen LogP contribution in [0, 0.1) is 0 Å². The van der Waals surface area contributed by atoms with Gasteiger partial charge in [-0.05, 0) is 12.8 Å². The zero-order chi connectivity index (χ0) is 13.5. The molecule has 0 fully saturated rings. The smallest absolute Gasteiger partial charge is 0.148 e. The number of hydrogen-bond donors (Lipinski definition) is 3. The Morgan fingerprint density at radius 2 is 2.11 bits per heavy atom. The highest BCUT2D eigenvalue weighted by molar-refractivity contribution is 7.84. The van der Waals surface area contributed by atoms with E-state index in [4.69, 9.17) is 5.84 Å². The summed E-state index contributed by atoms with van der Waals surface area (Å²) >= 11 is 0. The number of nitrogen functional groups attached to an aromatic ring is 1. The molecule has 0 aliphatic carbocycles. The maximum Gasteiger partial charge on any atom is 0.148 e. The van der Waals surface area contributed by atoms with Crippen molar-refractivity contribution in [2.45, 2.75) is 31.9 Å². The summed E-state index contributed by atoms with van der Waals surface area (Å²) in [5.74, 6) is 6.83. The van der Waals surface area contributed by atoms with Crippen LogP contribution < -0.4 is 16.6 Å². The third-order valence-corrected chi connectivity index (χ3v) is 4.21. The van der Waals surface area contributed by atoms with Crippen LogP contribution in [-0.4, -0.2) is 32.2 Å². The maximum atomic E-state index is 11.2. The van der Waals surface area contributed by atoms with Crippen LogP contribution in [-0.2, 0) is 17.2 Å². The van der Waals surface area contributed by atoms with E-state index < -0.39 is 10.8 Å². The van der Waals surface area contributed by atoms with Gasteiger partial charge >= 0.3 is 0 Å². The minimum atomic E-state index is -0.786. The second-order valence-corrected chi connectivity index (χ2v) is 5.87. The van der Waals surface area contributed by atoms with Gasteiger partial charge in [0.25, 0.3) is 0 Å². The number of hydrogen-bond acceptors (Lipinski definition) is 6. The van der Waals surface area contributed by atoms with Crippen molar-refractivity contribution in [3.05, 3.63) is 11.9 Å². The predicted octanol–water partition coefficient (Wildman–Crippen LogP) is 0.894. The maximum absolute atomic E-state index is 11.2. The Bertz CT molecular complexity index is 412. The van der Waals surface area contributed by atoms with Gasteiger partial charge in [0.05, 0.1) is 0 Å². The Morgan fingerprint density at radius 1 is 1.44 bits per heavy atom. The largest absolute Gasteiger partial charge is 0.370 e. The summed E-state index contributed by atoms with van der Waals surface area (Å²) in [6.07, 6.45) is 4.82. The van der Waals surface area contributed by atoms with Gasteiger partial charge in [0, 0.05) is 34.4 Å². The molecule has 0 aromatic carbocycles. The minimum Gasteiger partial charge on any atom is -0.370 e. The molecule has 0 aliphatic heterocycles. The summed E-state index contributed by atoms with van der Waals surface area (Å²) in [4.78, 5) is 8.27.